The fourth-order valence-electron chi connectivity index (χ4n) is 6.43. The summed E-state index contributed by atoms with van der Waals surface area (Å²) < 4.78 is 1.22. The molecule has 0 saturated carbocycles. The van der Waals surface area contributed by atoms with Gasteiger partial charge in [-0.15, -0.1) is 11.3 Å². The smallest absolute Gasteiger partial charge is 0.124 e. The van der Waals surface area contributed by atoms with Crippen molar-refractivity contribution < 1.29 is 0 Å². The Hall–Kier alpha value is -5.38. The number of fused-ring (bicyclic) bond motifs is 9. The molecule has 0 N–H and O–H groups in total. The van der Waals surface area contributed by atoms with Crippen LogP contribution in [-0.2, 0) is 0 Å². The van der Waals surface area contributed by atoms with E-state index in [1.807, 2.05) is 6.07 Å². The quantitative estimate of drug-likeness (QED) is 0.199. The van der Waals surface area contributed by atoms with Crippen LogP contribution in [-0.4, -0.2) is 9.97 Å². The lowest BCUT2D eigenvalue weighted by atomic mass is 9.92. The Morgan fingerprint density at radius 3 is 1.53 bits per heavy atom. The first-order valence-electron chi connectivity index (χ1n) is 14.5. The average molecular weight is 565 g/mol. The zero-order valence-corrected chi connectivity index (χ0v) is 24.0. The van der Waals surface area contributed by atoms with E-state index in [1.165, 1.54) is 53.5 Å². The van der Waals surface area contributed by atoms with Crippen molar-refractivity contribution >= 4 is 64.8 Å². The third-order valence-electron chi connectivity index (χ3n) is 8.50. The molecule has 0 saturated heterocycles. The molecule has 43 heavy (non-hydrogen) atoms. The summed E-state index contributed by atoms with van der Waals surface area (Å²) in [5.74, 6) is 0. The molecule has 2 aromatic heterocycles. The van der Waals surface area contributed by atoms with Crippen LogP contribution in [0.5, 0.6) is 0 Å². The lowest BCUT2D eigenvalue weighted by molar-refractivity contribution is 1.44. The Bertz CT molecular complexity index is 2460. The number of para-hydroxylation sites is 1. The van der Waals surface area contributed by atoms with Gasteiger partial charge in [0.15, 0.2) is 0 Å². The number of pyridine rings is 1. The molecule has 2 heterocycles. The predicted molar refractivity (Wildman–Crippen MR) is 184 cm³/mol. The molecule has 9 rings (SSSR count). The summed E-state index contributed by atoms with van der Waals surface area (Å²) in [4.78, 5) is 10.2. The van der Waals surface area contributed by atoms with Gasteiger partial charge in [-0.1, -0.05) is 133 Å². The molecule has 0 fully saturated rings. The third kappa shape index (κ3) is 3.86. The van der Waals surface area contributed by atoms with E-state index in [0.717, 1.165) is 32.9 Å². The minimum atomic E-state index is 1.02. The Labute approximate surface area is 252 Å². The lowest BCUT2D eigenvalue weighted by Gasteiger charge is -2.15. The Morgan fingerprint density at radius 1 is 0.372 bits per heavy atom. The van der Waals surface area contributed by atoms with Crippen molar-refractivity contribution in [1.29, 1.82) is 0 Å². The monoisotopic (exact) mass is 564 g/mol. The van der Waals surface area contributed by atoms with Gasteiger partial charge in [0.1, 0.15) is 5.01 Å². The van der Waals surface area contributed by atoms with Crippen LogP contribution in [0, 0.1) is 0 Å². The summed E-state index contributed by atoms with van der Waals surface area (Å²) in [6, 6.07) is 51.9. The highest BCUT2D eigenvalue weighted by Gasteiger charge is 2.16. The number of hydrogen-bond donors (Lipinski definition) is 0. The average Bonchev–Trinajstić information content (AvgIpc) is 3.53. The second kappa shape index (κ2) is 9.59. The zero-order valence-electron chi connectivity index (χ0n) is 23.2. The van der Waals surface area contributed by atoms with Crippen molar-refractivity contribution in [1.82, 2.24) is 9.97 Å². The summed E-state index contributed by atoms with van der Waals surface area (Å²) >= 11 is 1.74. The van der Waals surface area contributed by atoms with Gasteiger partial charge in [-0.2, -0.15) is 0 Å². The van der Waals surface area contributed by atoms with Crippen LogP contribution >= 0.6 is 11.3 Å². The van der Waals surface area contributed by atoms with Crippen LogP contribution in [0.15, 0.2) is 146 Å². The highest BCUT2D eigenvalue weighted by atomic mass is 32.1. The van der Waals surface area contributed by atoms with Crippen LogP contribution in [0.2, 0.25) is 0 Å². The van der Waals surface area contributed by atoms with Gasteiger partial charge in [-0.3, -0.25) is 0 Å². The van der Waals surface area contributed by atoms with Crippen molar-refractivity contribution in [2.45, 2.75) is 0 Å². The highest BCUT2D eigenvalue weighted by Crippen LogP contribution is 2.41. The van der Waals surface area contributed by atoms with E-state index in [0.29, 0.717) is 0 Å². The summed E-state index contributed by atoms with van der Waals surface area (Å²) in [6.07, 6.45) is 0. The van der Waals surface area contributed by atoms with Crippen molar-refractivity contribution in [3.05, 3.63) is 146 Å². The van der Waals surface area contributed by atoms with Crippen molar-refractivity contribution in [3.63, 3.8) is 0 Å². The van der Waals surface area contributed by atoms with E-state index in [9.17, 15) is 0 Å². The second-order valence-corrected chi connectivity index (χ2v) is 12.0. The van der Waals surface area contributed by atoms with Crippen molar-refractivity contribution in [3.8, 4) is 33.0 Å². The maximum atomic E-state index is 5.41. The largest absolute Gasteiger partial charge is 0.246 e. The number of thiazole rings is 1. The third-order valence-corrected chi connectivity index (χ3v) is 9.58. The van der Waals surface area contributed by atoms with Gasteiger partial charge in [0, 0.05) is 27.3 Å². The Balaban J connectivity index is 1.16. The standard InChI is InChI=1S/C40H24N2S/c1-3-11-31-29(9-1)30-10-2-5-13-33(30)39-37(31)32-12-4-6-14-34(32)38(42-39)27-21-17-25(18-22-27)26-19-23-28(24-20-26)40-41-35-15-7-8-16-36(35)43-40/h1-24H. The molecule has 0 bridgehead atoms. The van der Waals surface area contributed by atoms with E-state index >= 15 is 0 Å². The van der Waals surface area contributed by atoms with Gasteiger partial charge >= 0.3 is 0 Å². The Morgan fingerprint density at radius 2 is 0.860 bits per heavy atom. The number of hydrogen-bond acceptors (Lipinski definition) is 3. The summed E-state index contributed by atoms with van der Waals surface area (Å²) in [5, 5.41) is 9.62. The highest BCUT2D eigenvalue weighted by molar-refractivity contribution is 7.21. The lowest BCUT2D eigenvalue weighted by Crippen LogP contribution is -1.92. The van der Waals surface area contributed by atoms with Gasteiger partial charge in [0.25, 0.3) is 0 Å². The van der Waals surface area contributed by atoms with Crippen molar-refractivity contribution in [2.75, 3.05) is 0 Å². The summed E-state index contributed by atoms with van der Waals surface area (Å²) in [6.45, 7) is 0. The predicted octanol–water partition coefficient (Wildman–Crippen LogP) is 11.3. The SMILES string of the molecule is c1ccc2sc(-c3ccc(-c4ccc(-c5nc6c7ccccc7c7ccccc7c6c6ccccc56)cc4)cc3)nc2c1. The van der Waals surface area contributed by atoms with Crippen LogP contribution < -0.4 is 0 Å². The maximum Gasteiger partial charge on any atom is 0.124 e. The summed E-state index contributed by atoms with van der Waals surface area (Å²) in [5.41, 5.74) is 7.75. The molecule has 7 aromatic carbocycles. The van der Waals surface area contributed by atoms with Crippen LogP contribution in [0.1, 0.15) is 0 Å². The molecular weight excluding hydrogens is 541 g/mol. The van der Waals surface area contributed by atoms with Gasteiger partial charge in [0.05, 0.1) is 21.4 Å². The number of nitrogens with zero attached hydrogens (tertiary/aromatic N) is 2. The number of benzene rings is 7. The minimum Gasteiger partial charge on any atom is -0.246 e. The van der Waals surface area contributed by atoms with Crippen LogP contribution in [0.3, 0.4) is 0 Å². The molecule has 0 unspecified atom stereocenters. The first kappa shape index (κ1) is 24.2. The summed E-state index contributed by atoms with van der Waals surface area (Å²) in [7, 11) is 0. The van der Waals surface area contributed by atoms with E-state index in [2.05, 4.69) is 140 Å². The van der Waals surface area contributed by atoms with Gasteiger partial charge in [0.2, 0.25) is 0 Å². The molecule has 200 valence electrons. The number of rotatable bonds is 3. The molecular formula is C40H24N2S. The molecule has 0 atom stereocenters. The first-order valence-corrected chi connectivity index (χ1v) is 15.3. The molecule has 0 spiro atoms. The molecule has 0 radical (unpaired) electrons. The van der Waals surface area contributed by atoms with Crippen molar-refractivity contribution in [2.24, 2.45) is 0 Å². The normalized spacial score (nSPS) is 11.7. The Kier molecular flexibility index (Phi) is 5.40. The fraction of sp³-hybridized carbons (Fsp3) is 0. The molecule has 3 heteroatoms. The molecule has 0 amide bonds. The van der Waals surface area contributed by atoms with E-state index in [1.54, 1.807) is 11.3 Å². The van der Waals surface area contributed by atoms with Gasteiger partial charge in [-0.05, 0) is 44.8 Å². The van der Waals surface area contributed by atoms with Crippen LogP contribution in [0.4, 0.5) is 0 Å². The number of aromatic nitrogens is 2. The van der Waals surface area contributed by atoms with Gasteiger partial charge in [-0.25, -0.2) is 9.97 Å². The molecule has 2 nitrogen and oxygen atoms in total. The van der Waals surface area contributed by atoms with E-state index in [-0.39, 0.29) is 0 Å². The topological polar surface area (TPSA) is 25.8 Å². The zero-order chi connectivity index (χ0) is 28.3. The maximum absolute atomic E-state index is 5.41. The van der Waals surface area contributed by atoms with E-state index in [4.69, 9.17) is 9.97 Å². The fourth-order valence-corrected chi connectivity index (χ4v) is 7.40. The second-order valence-electron chi connectivity index (χ2n) is 11.0. The van der Waals surface area contributed by atoms with Crippen LogP contribution in [0.25, 0.3) is 86.4 Å². The minimum absolute atomic E-state index is 1.02. The molecule has 0 aliphatic rings. The molecule has 0 aliphatic heterocycles. The van der Waals surface area contributed by atoms with Gasteiger partial charge < -0.3 is 0 Å². The molecule has 9 aromatic rings. The molecule has 0 aliphatic carbocycles. The van der Waals surface area contributed by atoms with E-state index < -0.39 is 0 Å². The first-order chi connectivity index (χ1) is 21.3.